The summed E-state index contributed by atoms with van der Waals surface area (Å²) >= 11 is 1.99. The van der Waals surface area contributed by atoms with E-state index >= 15 is 0 Å². The van der Waals surface area contributed by atoms with E-state index in [1.165, 1.54) is 37.1 Å². The van der Waals surface area contributed by atoms with Crippen molar-refractivity contribution in [1.29, 1.82) is 0 Å². The lowest BCUT2D eigenvalue weighted by atomic mass is 9.90. The first-order valence-corrected chi connectivity index (χ1v) is 6.45. The van der Waals surface area contributed by atoms with Gasteiger partial charge < -0.3 is 5.32 Å². The van der Waals surface area contributed by atoms with Crippen LogP contribution in [0.4, 0.5) is 0 Å². The highest BCUT2D eigenvalue weighted by atomic mass is 32.1. The molecule has 14 heavy (non-hydrogen) atoms. The Morgan fingerprint density at radius 1 is 1.43 bits per heavy atom. The molecule has 2 heteroatoms. The first-order chi connectivity index (χ1) is 6.81. The molecule has 76 valence electrons. The minimum Gasteiger partial charge on any atom is -0.306 e. The van der Waals surface area contributed by atoms with Crippen LogP contribution in [0.15, 0.2) is 12.1 Å². The molecular formula is C12H17NS. The van der Waals surface area contributed by atoms with Gasteiger partial charge in [-0.3, -0.25) is 0 Å². The van der Waals surface area contributed by atoms with Gasteiger partial charge in [0, 0.05) is 9.75 Å². The van der Waals surface area contributed by atoms with E-state index in [-0.39, 0.29) is 0 Å². The highest BCUT2D eigenvalue weighted by Crippen LogP contribution is 2.51. The molecule has 2 fully saturated rings. The molecule has 0 radical (unpaired) electrons. The number of rotatable bonds is 2. The first kappa shape index (κ1) is 8.93. The van der Waals surface area contributed by atoms with E-state index in [0.29, 0.717) is 5.54 Å². The number of hydrogen-bond acceptors (Lipinski definition) is 2. The molecular weight excluding hydrogens is 190 g/mol. The first-order valence-electron chi connectivity index (χ1n) is 5.63. The van der Waals surface area contributed by atoms with E-state index in [0.717, 1.165) is 5.92 Å². The lowest BCUT2D eigenvalue weighted by Crippen LogP contribution is -2.38. The summed E-state index contributed by atoms with van der Waals surface area (Å²) in [5.41, 5.74) is 0.388. The van der Waals surface area contributed by atoms with E-state index < -0.39 is 0 Å². The van der Waals surface area contributed by atoms with Crippen molar-refractivity contribution in [3.05, 3.63) is 21.9 Å². The fourth-order valence-electron chi connectivity index (χ4n) is 2.78. The smallest absolute Gasteiger partial charge is 0.0557 e. The highest BCUT2D eigenvalue weighted by Gasteiger charge is 2.48. The SMILES string of the molecule is Cc1ccc(C2(C3CC3)CCCN2)s1. The van der Waals surface area contributed by atoms with Gasteiger partial charge in [0.15, 0.2) is 0 Å². The summed E-state index contributed by atoms with van der Waals surface area (Å²) in [5.74, 6) is 0.933. The summed E-state index contributed by atoms with van der Waals surface area (Å²) < 4.78 is 0. The van der Waals surface area contributed by atoms with Crippen LogP contribution in [-0.4, -0.2) is 6.54 Å². The third-order valence-electron chi connectivity index (χ3n) is 3.64. The second-order valence-electron chi connectivity index (χ2n) is 4.69. The molecule has 2 aliphatic rings. The average Bonchev–Trinajstić information content (AvgIpc) is 2.77. The number of thiophene rings is 1. The molecule has 0 spiro atoms. The zero-order valence-electron chi connectivity index (χ0n) is 8.68. The van der Waals surface area contributed by atoms with Gasteiger partial charge in [0.25, 0.3) is 0 Å². The molecule has 0 aromatic carbocycles. The fraction of sp³-hybridized carbons (Fsp3) is 0.667. The third kappa shape index (κ3) is 1.24. The zero-order chi connectivity index (χ0) is 9.60. The normalized spacial score (nSPS) is 32.4. The van der Waals surface area contributed by atoms with Crippen LogP contribution in [0, 0.1) is 12.8 Å². The van der Waals surface area contributed by atoms with Crippen LogP contribution < -0.4 is 5.32 Å². The van der Waals surface area contributed by atoms with Gasteiger partial charge in [-0.1, -0.05) is 0 Å². The third-order valence-corrected chi connectivity index (χ3v) is 4.82. The van der Waals surface area contributed by atoms with Gasteiger partial charge in [-0.15, -0.1) is 11.3 Å². The van der Waals surface area contributed by atoms with E-state index in [4.69, 9.17) is 0 Å². The summed E-state index contributed by atoms with van der Waals surface area (Å²) in [6.07, 6.45) is 5.58. The van der Waals surface area contributed by atoms with Crippen molar-refractivity contribution in [2.24, 2.45) is 5.92 Å². The van der Waals surface area contributed by atoms with Gasteiger partial charge in [0.2, 0.25) is 0 Å². The molecule has 3 rings (SSSR count). The topological polar surface area (TPSA) is 12.0 Å². The van der Waals surface area contributed by atoms with Crippen LogP contribution in [0.1, 0.15) is 35.4 Å². The number of hydrogen-bond donors (Lipinski definition) is 1. The van der Waals surface area contributed by atoms with Crippen molar-refractivity contribution in [2.45, 2.75) is 38.1 Å². The molecule has 1 nitrogen and oxygen atoms in total. The lowest BCUT2D eigenvalue weighted by molar-refractivity contribution is 0.343. The molecule has 1 aromatic rings. The predicted octanol–water partition coefficient (Wildman–Crippen LogP) is 3.05. The molecule has 1 saturated carbocycles. The van der Waals surface area contributed by atoms with Gasteiger partial charge >= 0.3 is 0 Å². The lowest BCUT2D eigenvalue weighted by Gasteiger charge is -2.28. The van der Waals surface area contributed by atoms with E-state index in [9.17, 15) is 0 Å². The van der Waals surface area contributed by atoms with Crippen LogP contribution in [0.3, 0.4) is 0 Å². The van der Waals surface area contributed by atoms with Gasteiger partial charge in [0.1, 0.15) is 0 Å². The van der Waals surface area contributed by atoms with Gasteiger partial charge in [-0.05, 0) is 57.2 Å². The minimum atomic E-state index is 0.388. The van der Waals surface area contributed by atoms with Crippen molar-refractivity contribution >= 4 is 11.3 Å². The van der Waals surface area contributed by atoms with Gasteiger partial charge in [-0.25, -0.2) is 0 Å². The van der Waals surface area contributed by atoms with Crippen molar-refractivity contribution in [2.75, 3.05) is 6.54 Å². The van der Waals surface area contributed by atoms with Crippen molar-refractivity contribution in [1.82, 2.24) is 5.32 Å². The number of aryl methyl sites for hydroxylation is 1. The Morgan fingerprint density at radius 3 is 2.79 bits per heavy atom. The van der Waals surface area contributed by atoms with Gasteiger partial charge in [0.05, 0.1) is 5.54 Å². The van der Waals surface area contributed by atoms with Crippen molar-refractivity contribution in [3.8, 4) is 0 Å². The average molecular weight is 207 g/mol. The molecule has 1 unspecified atom stereocenters. The Morgan fingerprint density at radius 2 is 2.29 bits per heavy atom. The van der Waals surface area contributed by atoms with E-state index in [1.54, 1.807) is 4.88 Å². The molecule has 1 aliphatic heterocycles. The monoisotopic (exact) mass is 207 g/mol. The Kier molecular flexibility index (Phi) is 1.96. The second kappa shape index (κ2) is 3.07. The summed E-state index contributed by atoms with van der Waals surface area (Å²) in [4.78, 5) is 3.05. The van der Waals surface area contributed by atoms with Crippen LogP contribution in [0.2, 0.25) is 0 Å². The molecule has 0 bridgehead atoms. The molecule has 1 N–H and O–H groups in total. The maximum absolute atomic E-state index is 3.77. The Bertz CT molecular complexity index is 332. The molecule has 1 saturated heterocycles. The van der Waals surface area contributed by atoms with E-state index in [1.807, 2.05) is 11.3 Å². The van der Waals surface area contributed by atoms with Crippen LogP contribution >= 0.6 is 11.3 Å². The Balaban J connectivity index is 1.98. The Hall–Kier alpha value is -0.340. The summed E-state index contributed by atoms with van der Waals surface area (Å²) in [5, 5.41) is 3.77. The molecule has 1 aromatic heterocycles. The maximum Gasteiger partial charge on any atom is 0.0557 e. The molecule has 2 heterocycles. The van der Waals surface area contributed by atoms with Crippen LogP contribution in [0.5, 0.6) is 0 Å². The second-order valence-corrected chi connectivity index (χ2v) is 5.97. The summed E-state index contributed by atoms with van der Waals surface area (Å²) in [7, 11) is 0. The molecule has 1 aliphatic carbocycles. The molecule has 0 amide bonds. The maximum atomic E-state index is 3.77. The highest BCUT2D eigenvalue weighted by molar-refractivity contribution is 7.12. The fourth-order valence-corrected chi connectivity index (χ4v) is 3.92. The zero-order valence-corrected chi connectivity index (χ0v) is 9.49. The number of nitrogens with one attached hydrogen (secondary N) is 1. The molecule has 1 atom stereocenters. The van der Waals surface area contributed by atoms with Crippen molar-refractivity contribution in [3.63, 3.8) is 0 Å². The minimum absolute atomic E-state index is 0.388. The standard InChI is InChI=1S/C12H17NS/c1-9-3-6-11(14-9)12(10-4-5-10)7-2-8-13-12/h3,6,10,13H,2,4-5,7-8H2,1H3. The van der Waals surface area contributed by atoms with Gasteiger partial charge in [-0.2, -0.15) is 0 Å². The predicted molar refractivity (Wildman–Crippen MR) is 60.7 cm³/mol. The largest absolute Gasteiger partial charge is 0.306 e. The van der Waals surface area contributed by atoms with Crippen molar-refractivity contribution < 1.29 is 0 Å². The Labute approximate surface area is 89.5 Å². The van der Waals surface area contributed by atoms with Crippen LogP contribution in [-0.2, 0) is 5.54 Å². The van der Waals surface area contributed by atoms with E-state index in [2.05, 4.69) is 24.4 Å². The summed E-state index contributed by atoms with van der Waals surface area (Å²) in [6.45, 7) is 3.43. The quantitative estimate of drug-likeness (QED) is 0.786. The van der Waals surface area contributed by atoms with Crippen LogP contribution in [0.25, 0.3) is 0 Å². The summed E-state index contributed by atoms with van der Waals surface area (Å²) in [6, 6.07) is 4.61.